The molecular formula is C12H18N2O4S. The molecule has 0 aromatic heterocycles. The first-order valence-corrected chi connectivity index (χ1v) is 7.23. The molecule has 0 spiro atoms. The standard InChI is InChI=1S/C12H18N2O4S/c1-14(2)19(17,18)13-11(12(15)16)9-8-10-6-4-3-5-7-10/h3-7,11,13H,8-9H2,1-2H3,(H,15,16)/t11-/m0/s1. The van der Waals surface area contributed by atoms with Crippen molar-refractivity contribution in [2.45, 2.75) is 18.9 Å². The number of rotatable bonds is 7. The third-order valence-electron chi connectivity index (χ3n) is 2.63. The number of carbonyl (C=O) groups is 1. The van der Waals surface area contributed by atoms with Gasteiger partial charge in [0.1, 0.15) is 6.04 Å². The molecule has 6 nitrogen and oxygen atoms in total. The fourth-order valence-electron chi connectivity index (χ4n) is 1.47. The predicted octanol–water partition coefficient (Wildman–Crippen LogP) is 0.468. The number of carboxylic acids is 1. The minimum atomic E-state index is -3.74. The Morgan fingerprint density at radius 2 is 1.89 bits per heavy atom. The van der Waals surface area contributed by atoms with Crippen molar-refractivity contribution >= 4 is 16.2 Å². The quantitative estimate of drug-likeness (QED) is 0.763. The maximum atomic E-state index is 11.6. The lowest BCUT2D eigenvalue weighted by atomic mass is 10.1. The number of nitrogens with one attached hydrogen (secondary N) is 1. The number of carboxylic acid groups (broad SMARTS) is 1. The van der Waals surface area contributed by atoms with E-state index in [1.807, 2.05) is 30.3 Å². The van der Waals surface area contributed by atoms with Crippen molar-refractivity contribution in [3.05, 3.63) is 35.9 Å². The van der Waals surface area contributed by atoms with Crippen LogP contribution in [0, 0.1) is 0 Å². The molecule has 1 aromatic carbocycles. The zero-order chi connectivity index (χ0) is 14.5. The van der Waals surface area contributed by atoms with Gasteiger partial charge in [-0.1, -0.05) is 30.3 Å². The average Bonchev–Trinajstić information content (AvgIpc) is 2.35. The predicted molar refractivity (Wildman–Crippen MR) is 71.9 cm³/mol. The second-order valence-corrected chi connectivity index (χ2v) is 6.24. The first-order valence-electron chi connectivity index (χ1n) is 5.79. The van der Waals surface area contributed by atoms with E-state index in [0.29, 0.717) is 6.42 Å². The van der Waals surface area contributed by atoms with Crippen molar-refractivity contribution in [1.82, 2.24) is 9.03 Å². The third kappa shape index (κ3) is 4.98. The second kappa shape index (κ2) is 6.65. The molecule has 0 saturated heterocycles. The van der Waals surface area contributed by atoms with E-state index in [2.05, 4.69) is 4.72 Å². The summed E-state index contributed by atoms with van der Waals surface area (Å²) in [7, 11) is -1.05. The molecule has 1 rings (SSSR count). The van der Waals surface area contributed by atoms with Gasteiger partial charge in [-0.3, -0.25) is 4.79 Å². The van der Waals surface area contributed by atoms with Gasteiger partial charge in [-0.25, -0.2) is 0 Å². The molecule has 106 valence electrons. The highest BCUT2D eigenvalue weighted by atomic mass is 32.2. The molecule has 0 aliphatic rings. The van der Waals surface area contributed by atoms with E-state index in [1.165, 1.54) is 14.1 Å². The highest BCUT2D eigenvalue weighted by molar-refractivity contribution is 7.87. The highest BCUT2D eigenvalue weighted by Gasteiger charge is 2.24. The number of benzene rings is 1. The van der Waals surface area contributed by atoms with Crippen LogP contribution in [0.15, 0.2) is 30.3 Å². The van der Waals surface area contributed by atoms with Crippen molar-refractivity contribution in [3.8, 4) is 0 Å². The Balaban J connectivity index is 2.67. The molecule has 1 aromatic rings. The SMILES string of the molecule is CN(C)S(=O)(=O)N[C@@H](CCc1ccccc1)C(=O)O. The Kier molecular flexibility index (Phi) is 5.46. The Hall–Kier alpha value is -1.44. The van der Waals surface area contributed by atoms with Crippen LogP contribution in [-0.4, -0.2) is 43.9 Å². The molecule has 0 saturated carbocycles. The van der Waals surface area contributed by atoms with Crippen molar-refractivity contribution in [1.29, 1.82) is 0 Å². The van der Waals surface area contributed by atoms with Crippen LogP contribution < -0.4 is 4.72 Å². The van der Waals surface area contributed by atoms with Gasteiger partial charge in [0, 0.05) is 14.1 Å². The molecule has 0 amide bonds. The fourth-order valence-corrected chi connectivity index (χ4v) is 2.26. The summed E-state index contributed by atoms with van der Waals surface area (Å²) in [6.45, 7) is 0. The smallest absolute Gasteiger partial charge is 0.321 e. The van der Waals surface area contributed by atoms with Crippen molar-refractivity contribution < 1.29 is 18.3 Å². The second-order valence-electron chi connectivity index (χ2n) is 4.32. The number of aliphatic carboxylic acids is 1. The minimum Gasteiger partial charge on any atom is -0.480 e. The van der Waals surface area contributed by atoms with Crippen LogP contribution in [0.4, 0.5) is 0 Å². The van der Waals surface area contributed by atoms with Gasteiger partial charge in [-0.15, -0.1) is 0 Å². The lowest BCUT2D eigenvalue weighted by Crippen LogP contribution is -2.46. The van der Waals surface area contributed by atoms with Crippen LogP contribution in [0.2, 0.25) is 0 Å². The van der Waals surface area contributed by atoms with E-state index < -0.39 is 22.2 Å². The van der Waals surface area contributed by atoms with Crippen molar-refractivity contribution in [3.63, 3.8) is 0 Å². The van der Waals surface area contributed by atoms with Gasteiger partial charge in [0.15, 0.2) is 0 Å². The average molecular weight is 286 g/mol. The van der Waals surface area contributed by atoms with E-state index in [1.54, 1.807) is 0 Å². The molecule has 19 heavy (non-hydrogen) atoms. The first kappa shape index (κ1) is 15.6. The lowest BCUT2D eigenvalue weighted by molar-refractivity contribution is -0.139. The van der Waals surface area contributed by atoms with E-state index in [4.69, 9.17) is 5.11 Å². The Morgan fingerprint density at radius 3 is 2.37 bits per heavy atom. The largest absolute Gasteiger partial charge is 0.480 e. The molecule has 2 N–H and O–H groups in total. The van der Waals surface area contributed by atoms with Crippen LogP contribution in [0.5, 0.6) is 0 Å². The van der Waals surface area contributed by atoms with Crippen LogP contribution in [0.25, 0.3) is 0 Å². The molecule has 0 radical (unpaired) electrons. The van der Waals surface area contributed by atoms with Crippen LogP contribution in [0.1, 0.15) is 12.0 Å². The monoisotopic (exact) mass is 286 g/mol. The molecule has 0 bridgehead atoms. The summed E-state index contributed by atoms with van der Waals surface area (Å²) in [4.78, 5) is 11.1. The van der Waals surface area contributed by atoms with Gasteiger partial charge in [-0.05, 0) is 18.4 Å². The van der Waals surface area contributed by atoms with Gasteiger partial charge in [0.05, 0.1) is 0 Å². The van der Waals surface area contributed by atoms with Crippen LogP contribution in [-0.2, 0) is 21.4 Å². The van der Waals surface area contributed by atoms with Gasteiger partial charge in [0.25, 0.3) is 10.2 Å². The number of aryl methyl sites for hydroxylation is 1. The normalized spacial score (nSPS) is 13.4. The Labute approximate surface area is 113 Å². The van der Waals surface area contributed by atoms with Crippen LogP contribution >= 0.6 is 0 Å². The molecule has 0 aliphatic carbocycles. The minimum absolute atomic E-state index is 0.201. The van der Waals surface area contributed by atoms with Gasteiger partial charge >= 0.3 is 5.97 Å². The summed E-state index contributed by atoms with van der Waals surface area (Å²) in [5.74, 6) is -1.18. The van der Waals surface area contributed by atoms with E-state index in [-0.39, 0.29) is 6.42 Å². The summed E-state index contributed by atoms with van der Waals surface area (Å²) >= 11 is 0. The molecule has 1 atom stereocenters. The Bertz CT molecular complexity index is 514. The maximum Gasteiger partial charge on any atom is 0.321 e. The lowest BCUT2D eigenvalue weighted by Gasteiger charge is -2.18. The zero-order valence-corrected chi connectivity index (χ0v) is 11.7. The summed E-state index contributed by atoms with van der Waals surface area (Å²) in [6, 6.07) is 8.20. The molecule has 0 heterocycles. The van der Waals surface area contributed by atoms with Crippen molar-refractivity contribution in [2.24, 2.45) is 0 Å². The molecular weight excluding hydrogens is 268 g/mol. The summed E-state index contributed by atoms with van der Waals surface area (Å²) < 4.78 is 26.3. The van der Waals surface area contributed by atoms with E-state index >= 15 is 0 Å². The number of hydrogen-bond donors (Lipinski definition) is 2. The van der Waals surface area contributed by atoms with Gasteiger partial charge < -0.3 is 5.11 Å². The van der Waals surface area contributed by atoms with E-state index in [0.717, 1.165) is 9.87 Å². The summed E-state index contributed by atoms with van der Waals surface area (Å²) in [6.07, 6.45) is 0.695. The van der Waals surface area contributed by atoms with E-state index in [9.17, 15) is 13.2 Å². The number of nitrogens with zero attached hydrogens (tertiary/aromatic N) is 1. The molecule has 0 unspecified atom stereocenters. The van der Waals surface area contributed by atoms with Gasteiger partial charge in [-0.2, -0.15) is 17.4 Å². The number of hydrogen-bond acceptors (Lipinski definition) is 3. The first-order chi connectivity index (χ1) is 8.83. The summed E-state index contributed by atoms with van der Waals surface area (Å²) in [5.41, 5.74) is 0.970. The summed E-state index contributed by atoms with van der Waals surface area (Å²) in [5, 5.41) is 9.05. The Morgan fingerprint density at radius 1 is 1.32 bits per heavy atom. The maximum absolute atomic E-state index is 11.6. The zero-order valence-electron chi connectivity index (χ0n) is 10.9. The molecule has 0 aliphatic heterocycles. The van der Waals surface area contributed by atoms with Gasteiger partial charge in [0.2, 0.25) is 0 Å². The molecule has 7 heteroatoms. The van der Waals surface area contributed by atoms with Crippen LogP contribution in [0.3, 0.4) is 0 Å². The molecule has 0 fully saturated rings. The highest BCUT2D eigenvalue weighted by Crippen LogP contribution is 2.06. The third-order valence-corrected chi connectivity index (χ3v) is 4.18. The van der Waals surface area contributed by atoms with Crippen molar-refractivity contribution in [2.75, 3.05) is 14.1 Å². The fraction of sp³-hybridized carbons (Fsp3) is 0.417. The topological polar surface area (TPSA) is 86.7 Å².